The summed E-state index contributed by atoms with van der Waals surface area (Å²) in [6, 6.07) is 10.0. The maximum atomic E-state index is 11.8. The summed E-state index contributed by atoms with van der Waals surface area (Å²) in [5, 5.41) is 16.5. The van der Waals surface area contributed by atoms with Crippen molar-refractivity contribution >= 4 is 17.2 Å². The normalized spacial score (nSPS) is 12.1. The molecular formula is C16H19NO2S. The number of hydrogen-bond acceptors (Lipinski definition) is 3. The molecule has 3 nitrogen and oxygen atoms in total. The van der Waals surface area contributed by atoms with Crippen molar-refractivity contribution in [1.82, 2.24) is 5.32 Å². The average Bonchev–Trinajstić information content (AvgIpc) is 2.97. The Balaban J connectivity index is 1.73. The van der Waals surface area contributed by atoms with E-state index in [-0.39, 0.29) is 12.5 Å². The van der Waals surface area contributed by atoms with Crippen molar-refractivity contribution in [1.29, 1.82) is 0 Å². The zero-order chi connectivity index (χ0) is 14.4. The lowest BCUT2D eigenvalue weighted by Crippen LogP contribution is -2.28. The molecule has 20 heavy (non-hydrogen) atoms. The molecule has 0 radical (unpaired) electrons. The van der Waals surface area contributed by atoms with Gasteiger partial charge in [-0.2, -0.15) is 11.3 Å². The summed E-state index contributed by atoms with van der Waals surface area (Å²) in [5.74, 6) is -0.0271. The molecule has 0 fully saturated rings. The van der Waals surface area contributed by atoms with Crippen LogP contribution in [0.3, 0.4) is 0 Å². The molecule has 1 aromatic carbocycles. The van der Waals surface area contributed by atoms with Gasteiger partial charge in [0.2, 0.25) is 5.91 Å². The maximum Gasteiger partial charge on any atom is 0.220 e. The van der Waals surface area contributed by atoms with Crippen LogP contribution in [0.15, 0.2) is 41.1 Å². The largest absolute Gasteiger partial charge is 0.387 e. The van der Waals surface area contributed by atoms with E-state index in [1.807, 2.05) is 41.9 Å². The van der Waals surface area contributed by atoms with Crippen molar-refractivity contribution in [3.8, 4) is 0 Å². The molecule has 0 aliphatic carbocycles. The second-order valence-electron chi connectivity index (χ2n) is 4.87. The molecule has 1 atom stereocenters. The molecule has 0 saturated carbocycles. The Morgan fingerprint density at radius 1 is 1.40 bits per heavy atom. The predicted octanol–water partition coefficient (Wildman–Crippen LogP) is 2.84. The third-order valence-corrected chi connectivity index (χ3v) is 3.85. The van der Waals surface area contributed by atoms with Crippen molar-refractivity contribution in [2.75, 3.05) is 6.54 Å². The minimum absolute atomic E-state index is 0.0271. The van der Waals surface area contributed by atoms with Gasteiger partial charge in [-0.3, -0.25) is 4.79 Å². The van der Waals surface area contributed by atoms with Crippen LogP contribution in [0.1, 0.15) is 29.2 Å². The molecule has 0 aliphatic rings. The van der Waals surface area contributed by atoms with Gasteiger partial charge < -0.3 is 10.4 Å². The van der Waals surface area contributed by atoms with E-state index in [1.54, 1.807) is 0 Å². The molecule has 0 aliphatic heterocycles. The van der Waals surface area contributed by atoms with Crippen LogP contribution in [-0.2, 0) is 11.2 Å². The number of aryl methyl sites for hydroxylation is 2. The lowest BCUT2D eigenvalue weighted by molar-refractivity contribution is -0.121. The highest BCUT2D eigenvalue weighted by Gasteiger charge is 2.09. The van der Waals surface area contributed by atoms with E-state index < -0.39 is 6.10 Å². The Kier molecular flexibility index (Phi) is 5.32. The molecular weight excluding hydrogens is 270 g/mol. The van der Waals surface area contributed by atoms with Crippen molar-refractivity contribution in [2.45, 2.75) is 25.9 Å². The van der Waals surface area contributed by atoms with Crippen LogP contribution in [0.4, 0.5) is 0 Å². The molecule has 1 unspecified atom stereocenters. The summed E-state index contributed by atoms with van der Waals surface area (Å²) in [7, 11) is 0. The van der Waals surface area contributed by atoms with Gasteiger partial charge in [-0.1, -0.05) is 29.8 Å². The van der Waals surface area contributed by atoms with E-state index in [0.717, 1.165) is 12.0 Å². The Morgan fingerprint density at radius 2 is 2.25 bits per heavy atom. The standard InChI is InChI=1S/C16H19NO2S/c1-12-3-2-4-13(9-12)5-6-16(19)17-10-15(18)14-7-8-20-11-14/h2-4,7-9,11,15,18H,5-6,10H2,1H3,(H,17,19). The quantitative estimate of drug-likeness (QED) is 0.859. The molecule has 1 amide bonds. The first-order valence-corrected chi connectivity index (χ1v) is 7.62. The fourth-order valence-corrected chi connectivity index (χ4v) is 2.71. The van der Waals surface area contributed by atoms with Crippen LogP contribution in [0.2, 0.25) is 0 Å². The second-order valence-corrected chi connectivity index (χ2v) is 5.65. The number of carbonyl (C=O) groups excluding carboxylic acids is 1. The molecule has 0 spiro atoms. The third-order valence-electron chi connectivity index (χ3n) is 3.14. The zero-order valence-electron chi connectivity index (χ0n) is 11.5. The van der Waals surface area contributed by atoms with Gasteiger partial charge in [0.05, 0.1) is 6.10 Å². The molecule has 1 aromatic heterocycles. The van der Waals surface area contributed by atoms with Gasteiger partial charge in [-0.05, 0) is 41.3 Å². The van der Waals surface area contributed by atoms with Crippen molar-refractivity contribution in [3.63, 3.8) is 0 Å². The minimum Gasteiger partial charge on any atom is -0.387 e. The van der Waals surface area contributed by atoms with Gasteiger partial charge in [0.1, 0.15) is 0 Å². The van der Waals surface area contributed by atoms with E-state index in [2.05, 4.69) is 11.4 Å². The first-order chi connectivity index (χ1) is 9.65. The number of thiophene rings is 1. The fraction of sp³-hybridized carbons (Fsp3) is 0.312. The van der Waals surface area contributed by atoms with Crippen LogP contribution in [0, 0.1) is 6.92 Å². The maximum absolute atomic E-state index is 11.8. The first-order valence-electron chi connectivity index (χ1n) is 6.67. The summed E-state index contributed by atoms with van der Waals surface area (Å²) in [6.45, 7) is 2.31. The van der Waals surface area contributed by atoms with Crippen LogP contribution < -0.4 is 5.32 Å². The van der Waals surface area contributed by atoms with Gasteiger partial charge in [-0.25, -0.2) is 0 Å². The van der Waals surface area contributed by atoms with E-state index in [1.165, 1.54) is 22.5 Å². The summed E-state index contributed by atoms with van der Waals surface area (Å²) < 4.78 is 0. The van der Waals surface area contributed by atoms with Gasteiger partial charge >= 0.3 is 0 Å². The molecule has 106 valence electrons. The van der Waals surface area contributed by atoms with Crippen LogP contribution in [-0.4, -0.2) is 17.6 Å². The molecule has 4 heteroatoms. The van der Waals surface area contributed by atoms with E-state index >= 15 is 0 Å². The van der Waals surface area contributed by atoms with E-state index in [4.69, 9.17) is 0 Å². The summed E-state index contributed by atoms with van der Waals surface area (Å²) >= 11 is 1.54. The Hall–Kier alpha value is -1.65. The monoisotopic (exact) mass is 289 g/mol. The number of carbonyl (C=O) groups is 1. The molecule has 0 bridgehead atoms. The Bertz CT molecular complexity index is 551. The first kappa shape index (κ1) is 14.8. The Labute approximate surface area is 123 Å². The van der Waals surface area contributed by atoms with Gasteiger partial charge in [0.15, 0.2) is 0 Å². The minimum atomic E-state index is -0.621. The molecule has 0 saturated heterocycles. The topological polar surface area (TPSA) is 49.3 Å². The van der Waals surface area contributed by atoms with Gasteiger partial charge in [0, 0.05) is 13.0 Å². The highest BCUT2D eigenvalue weighted by Crippen LogP contribution is 2.15. The van der Waals surface area contributed by atoms with Crippen LogP contribution >= 0.6 is 11.3 Å². The predicted molar refractivity (Wildman–Crippen MR) is 81.8 cm³/mol. The van der Waals surface area contributed by atoms with Crippen molar-refractivity contribution in [2.24, 2.45) is 0 Å². The zero-order valence-corrected chi connectivity index (χ0v) is 12.3. The van der Waals surface area contributed by atoms with Crippen molar-refractivity contribution < 1.29 is 9.90 Å². The molecule has 2 N–H and O–H groups in total. The number of aliphatic hydroxyl groups is 1. The fourth-order valence-electron chi connectivity index (χ4n) is 2.01. The summed E-state index contributed by atoms with van der Waals surface area (Å²) in [6.07, 6.45) is 0.547. The number of benzene rings is 1. The third kappa shape index (κ3) is 4.47. The number of aliphatic hydroxyl groups excluding tert-OH is 1. The number of amides is 1. The summed E-state index contributed by atoms with van der Waals surface area (Å²) in [4.78, 5) is 11.8. The van der Waals surface area contributed by atoms with Crippen LogP contribution in [0.25, 0.3) is 0 Å². The lowest BCUT2D eigenvalue weighted by atomic mass is 10.1. The van der Waals surface area contributed by atoms with E-state index in [0.29, 0.717) is 6.42 Å². The smallest absolute Gasteiger partial charge is 0.220 e. The number of hydrogen-bond donors (Lipinski definition) is 2. The lowest BCUT2D eigenvalue weighted by Gasteiger charge is -2.10. The van der Waals surface area contributed by atoms with Crippen molar-refractivity contribution in [3.05, 3.63) is 57.8 Å². The SMILES string of the molecule is Cc1cccc(CCC(=O)NCC(O)c2ccsc2)c1. The number of rotatable bonds is 6. The molecule has 2 rings (SSSR count). The number of nitrogens with one attached hydrogen (secondary N) is 1. The van der Waals surface area contributed by atoms with Gasteiger partial charge in [0.25, 0.3) is 0 Å². The Morgan fingerprint density at radius 3 is 2.95 bits per heavy atom. The highest BCUT2D eigenvalue weighted by molar-refractivity contribution is 7.07. The second kappa shape index (κ2) is 7.22. The summed E-state index contributed by atoms with van der Waals surface area (Å²) in [5.41, 5.74) is 3.23. The van der Waals surface area contributed by atoms with Gasteiger partial charge in [-0.15, -0.1) is 0 Å². The van der Waals surface area contributed by atoms with Crippen LogP contribution in [0.5, 0.6) is 0 Å². The molecule has 2 aromatic rings. The van der Waals surface area contributed by atoms with E-state index in [9.17, 15) is 9.90 Å². The average molecular weight is 289 g/mol. The molecule has 1 heterocycles. The highest BCUT2D eigenvalue weighted by atomic mass is 32.1.